The minimum absolute atomic E-state index is 0.592. The van der Waals surface area contributed by atoms with Crippen LogP contribution in [0.4, 0.5) is 0 Å². The maximum atomic E-state index is 5.93. The summed E-state index contributed by atoms with van der Waals surface area (Å²) in [4.78, 5) is 5.35. The van der Waals surface area contributed by atoms with Crippen LogP contribution in [-0.2, 0) is 17.8 Å². The van der Waals surface area contributed by atoms with E-state index in [0.717, 1.165) is 45.2 Å². The van der Waals surface area contributed by atoms with E-state index in [1.54, 1.807) is 0 Å². The van der Waals surface area contributed by atoms with E-state index in [0.29, 0.717) is 12.1 Å². The van der Waals surface area contributed by atoms with E-state index in [4.69, 9.17) is 4.74 Å². The molecule has 1 aliphatic carbocycles. The van der Waals surface area contributed by atoms with Gasteiger partial charge in [-0.3, -0.25) is 14.5 Å². The lowest BCUT2D eigenvalue weighted by atomic mass is 10.0. The zero-order valence-corrected chi connectivity index (χ0v) is 14.6. The molecule has 0 unspecified atom stereocenters. The second-order valence-corrected chi connectivity index (χ2v) is 7.55. The number of aryl methyl sites for hydroxylation is 1. The predicted molar refractivity (Wildman–Crippen MR) is 90.4 cm³/mol. The molecule has 2 aliphatic heterocycles. The van der Waals surface area contributed by atoms with E-state index in [-0.39, 0.29) is 0 Å². The van der Waals surface area contributed by atoms with Crippen LogP contribution in [0.2, 0.25) is 0 Å². The molecular formula is C18H30N4O. The Labute approximate surface area is 139 Å². The van der Waals surface area contributed by atoms with Crippen molar-refractivity contribution in [3.05, 3.63) is 17.5 Å². The number of hydrogen-bond donors (Lipinski definition) is 0. The molecule has 0 amide bonds. The highest BCUT2D eigenvalue weighted by atomic mass is 16.5. The van der Waals surface area contributed by atoms with Gasteiger partial charge in [0.05, 0.1) is 19.4 Å². The molecule has 5 heteroatoms. The predicted octanol–water partition coefficient (Wildman–Crippen LogP) is 1.90. The largest absolute Gasteiger partial charge is 0.378 e. The molecule has 0 aromatic carbocycles. The molecule has 23 heavy (non-hydrogen) atoms. The summed E-state index contributed by atoms with van der Waals surface area (Å²) in [6.45, 7) is 11.9. The molecule has 3 heterocycles. The average Bonchev–Trinajstić information content (AvgIpc) is 3.36. The molecule has 3 aliphatic rings. The lowest BCUT2D eigenvalue weighted by Crippen LogP contribution is -2.62. The molecule has 0 bridgehead atoms. The van der Waals surface area contributed by atoms with Crippen molar-refractivity contribution in [1.29, 1.82) is 0 Å². The number of fused-ring (bicyclic) bond motifs is 1. The van der Waals surface area contributed by atoms with Gasteiger partial charge in [-0.1, -0.05) is 6.92 Å². The lowest BCUT2D eigenvalue weighted by molar-refractivity contribution is -0.0880. The van der Waals surface area contributed by atoms with Crippen molar-refractivity contribution < 1.29 is 4.74 Å². The van der Waals surface area contributed by atoms with Crippen molar-refractivity contribution in [3.63, 3.8) is 0 Å². The van der Waals surface area contributed by atoms with Gasteiger partial charge in [0.2, 0.25) is 0 Å². The summed E-state index contributed by atoms with van der Waals surface area (Å²) in [6, 6.07) is 1.29. The molecule has 1 saturated carbocycles. The van der Waals surface area contributed by atoms with E-state index < -0.39 is 0 Å². The molecule has 1 aromatic rings. The Morgan fingerprint density at radius 3 is 2.91 bits per heavy atom. The fourth-order valence-corrected chi connectivity index (χ4v) is 4.29. The van der Waals surface area contributed by atoms with Gasteiger partial charge in [0.1, 0.15) is 0 Å². The van der Waals surface area contributed by atoms with Crippen molar-refractivity contribution in [1.82, 2.24) is 19.6 Å². The van der Waals surface area contributed by atoms with Crippen LogP contribution in [0, 0.1) is 12.8 Å². The van der Waals surface area contributed by atoms with Crippen LogP contribution < -0.4 is 0 Å². The van der Waals surface area contributed by atoms with Crippen LogP contribution in [0.1, 0.15) is 37.4 Å². The molecule has 0 spiro atoms. The van der Waals surface area contributed by atoms with Crippen LogP contribution >= 0.6 is 0 Å². The minimum atomic E-state index is 0.592. The van der Waals surface area contributed by atoms with Gasteiger partial charge in [0, 0.05) is 56.1 Å². The first-order chi connectivity index (χ1) is 11.3. The fourth-order valence-electron chi connectivity index (χ4n) is 4.29. The van der Waals surface area contributed by atoms with Crippen molar-refractivity contribution in [3.8, 4) is 0 Å². The van der Waals surface area contributed by atoms with Crippen LogP contribution in [-0.4, -0.2) is 64.5 Å². The first-order valence-corrected chi connectivity index (χ1v) is 9.33. The summed E-state index contributed by atoms with van der Waals surface area (Å²) in [6.07, 6.45) is 6.04. The fraction of sp³-hybridized carbons (Fsp3) is 0.833. The number of piperazine rings is 1. The number of hydrogen-bond acceptors (Lipinski definition) is 4. The van der Waals surface area contributed by atoms with Crippen molar-refractivity contribution in [2.24, 2.45) is 5.92 Å². The molecule has 5 nitrogen and oxygen atoms in total. The van der Waals surface area contributed by atoms with Gasteiger partial charge in [0.25, 0.3) is 0 Å². The molecule has 0 N–H and O–H groups in total. The van der Waals surface area contributed by atoms with Crippen molar-refractivity contribution in [2.75, 3.05) is 32.8 Å². The Bertz CT molecular complexity index is 539. The van der Waals surface area contributed by atoms with Gasteiger partial charge < -0.3 is 4.74 Å². The second kappa shape index (κ2) is 6.54. The highest BCUT2D eigenvalue weighted by Crippen LogP contribution is 2.38. The van der Waals surface area contributed by atoms with Crippen LogP contribution in [0.25, 0.3) is 0 Å². The smallest absolute Gasteiger partial charge is 0.0635 e. The maximum absolute atomic E-state index is 5.93. The first-order valence-electron chi connectivity index (χ1n) is 9.33. The molecule has 2 atom stereocenters. The summed E-state index contributed by atoms with van der Waals surface area (Å²) >= 11 is 0. The third-order valence-corrected chi connectivity index (χ3v) is 5.84. The molecule has 3 fully saturated rings. The Kier molecular flexibility index (Phi) is 4.43. The van der Waals surface area contributed by atoms with Gasteiger partial charge in [-0.05, 0) is 32.1 Å². The standard InChI is InChI=1S/C18H30N4O/c1-3-6-22-14(2)16(9-19-22)10-20-7-8-21-17(11-20)12-23-13-18(21)15-4-5-15/h9,15,17-18H,3-8,10-13H2,1-2H3/t17-,18-/m1/s1. The SMILES string of the molecule is CCCn1ncc(CN2CCN3[C@@H](COC[C@@H]3C3CC3)C2)c1C. The summed E-state index contributed by atoms with van der Waals surface area (Å²) in [5.74, 6) is 0.916. The minimum Gasteiger partial charge on any atom is -0.378 e. The quantitative estimate of drug-likeness (QED) is 0.830. The van der Waals surface area contributed by atoms with Gasteiger partial charge in [-0.25, -0.2) is 0 Å². The van der Waals surface area contributed by atoms with Crippen LogP contribution in [0.3, 0.4) is 0 Å². The van der Waals surface area contributed by atoms with Crippen molar-refractivity contribution >= 4 is 0 Å². The monoisotopic (exact) mass is 318 g/mol. The molecule has 2 saturated heterocycles. The zero-order chi connectivity index (χ0) is 15.8. The van der Waals surface area contributed by atoms with Crippen LogP contribution in [0.5, 0.6) is 0 Å². The third kappa shape index (κ3) is 3.19. The van der Waals surface area contributed by atoms with Crippen molar-refractivity contribution in [2.45, 2.75) is 58.3 Å². The molecule has 4 rings (SSSR count). The average molecular weight is 318 g/mol. The molecule has 0 radical (unpaired) electrons. The van der Waals surface area contributed by atoms with Gasteiger partial charge >= 0.3 is 0 Å². The highest BCUT2D eigenvalue weighted by molar-refractivity contribution is 5.16. The zero-order valence-electron chi connectivity index (χ0n) is 14.6. The van der Waals surface area contributed by atoms with Gasteiger partial charge in [-0.15, -0.1) is 0 Å². The number of aromatic nitrogens is 2. The third-order valence-electron chi connectivity index (χ3n) is 5.84. The second-order valence-electron chi connectivity index (χ2n) is 7.55. The Morgan fingerprint density at radius 2 is 2.13 bits per heavy atom. The Hall–Kier alpha value is -0.910. The maximum Gasteiger partial charge on any atom is 0.0635 e. The summed E-state index contributed by atoms with van der Waals surface area (Å²) in [7, 11) is 0. The Morgan fingerprint density at radius 1 is 1.26 bits per heavy atom. The Balaban J connectivity index is 1.38. The van der Waals surface area contributed by atoms with E-state index in [1.807, 2.05) is 0 Å². The summed E-state index contributed by atoms with van der Waals surface area (Å²) < 4.78 is 8.08. The number of rotatable bonds is 5. The molecule has 128 valence electrons. The van der Waals surface area contributed by atoms with E-state index in [9.17, 15) is 0 Å². The summed E-state index contributed by atoms with van der Waals surface area (Å²) in [5, 5.41) is 4.55. The topological polar surface area (TPSA) is 33.5 Å². The number of morpholine rings is 1. The van der Waals surface area contributed by atoms with Gasteiger partial charge in [-0.2, -0.15) is 5.10 Å². The highest BCUT2D eigenvalue weighted by Gasteiger charge is 2.42. The number of nitrogens with zero attached hydrogens (tertiary/aromatic N) is 4. The lowest BCUT2D eigenvalue weighted by Gasteiger charge is -2.48. The molecule has 1 aromatic heterocycles. The normalized spacial score (nSPS) is 29.7. The van der Waals surface area contributed by atoms with E-state index in [1.165, 1.54) is 37.2 Å². The first kappa shape index (κ1) is 15.6. The van der Waals surface area contributed by atoms with E-state index >= 15 is 0 Å². The van der Waals surface area contributed by atoms with Gasteiger partial charge in [0.15, 0.2) is 0 Å². The summed E-state index contributed by atoms with van der Waals surface area (Å²) in [5.41, 5.74) is 2.73. The number of ether oxygens (including phenoxy) is 1. The van der Waals surface area contributed by atoms with E-state index in [2.05, 4.69) is 39.6 Å². The van der Waals surface area contributed by atoms with Crippen LogP contribution in [0.15, 0.2) is 6.20 Å². The molecular weight excluding hydrogens is 288 g/mol.